The number of guanidine groups is 1. The fourth-order valence-electron chi connectivity index (χ4n) is 1.51. The predicted molar refractivity (Wildman–Crippen MR) is 67.9 cm³/mol. The molecular weight excluding hydrogens is 258 g/mol. The Kier molecular flexibility index (Phi) is 5.08. The summed E-state index contributed by atoms with van der Waals surface area (Å²) in [6, 6.07) is 10.4. The van der Waals surface area contributed by atoms with Gasteiger partial charge in [0.05, 0.1) is 6.54 Å². The maximum atomic E-state index is 8.74. The highest BCUT2D eigenvalue weighted by atomic mass is 32.3. The molecule has 0 saturated carbocycles. The molecule has 1 unspecified atom stereocenters. The summed E-state index contributed by atoms with van der Waals surface area (Å²) in [6.07, 6.45) is 0. The number of hydrogen-bond donors (Lipinski definition) is 4. The molecule has 8 heteroatoms. The van der Waals surface area contributed by atoms with Crippen molar-refractivity contribution in [2.24, 2.45) is 10.7 Å². The summed E-state index contributed by atoms with van der Waals surface area (Å²) < 4.78 is 31.6. The van der Waals surface area contributed by atoms with Gasteiger partial charge in [0.25, 0.3) is 0 Å². The van der Waals surface area contributed by atoms with Crippen LogP contribution in [0.3, 0.4) is 0 Å². The zero-order chi connectivity index (χ0) is 13.6. The molecule has 1 heterocycles. The van der Waals surface area contributed by atoms with Gasteiger partial charge >= 0.3 is 10.4 Å². The maximum absolute atomic E-state index is 8.74. The third-order valence-electron chi connectivity index (χ3n) is 2.28. The molecule has 1 aromatic rings. The van der Waals surface area contributed by atoms with E-state index in [2.05, 4.69) is 34.6 Å². The highest BCUT2D eigenvalue weighted by Gasteiger charge is 2.14. The van der Waals surface area contributed by atoms with Gasteiger partial charge in [-0.25, -0.2) is 0 Å². The molecule has 0 radical (unpaired) electrons. The predicted octanol–water partition coefficient (Wildman–Crippen LogP) is 0.0353. The van der Waals surface area contributed by atoms with Gasteiger partial charge in [0.15, 0.2) is 5.96 Å². The van der Waals surface area contributed by atoms with E-state index in [0.29, 0.717) is 11.9 Å². The molecule has 1 aromatic carbocycles. The summed E-state index contributed by atoms with van der Waals surface area (Å²) in [5.41, 5.74) is 6.84. The van der Waals surface area contributed by atoms with Gasteiger partial charge in [-0.05, 0) is 5.56 Å². The first kappa shape index (κ1) is 14.4. The lowest BCUT2D eigenvalue weighted by molar-refractivity contribution is 0.381. The van der Waals surface area contributed by atoms with Crippen LogP contribution < -0.4 is 11.1 Å². The second-order valence-electron chi connectivity index (χ2n) is 3.66. The van der Waals surface area contributed by atoms with Crippen molar-refractivity contribution in [1.29, 1.82) is 0 Å². The van der Waals surface area contributed by atoms with Crippen molar-refractivity contribution in [3.63, 3.8) is 0 Å². The van der Waals surface area contributed by atoms with Gasteiger partial charge in [-0.3, -0.25) is 14.1 Å². The molecule has 1 aliphatic rings. The van der Waals surface area contributed by atoms with Gasteiger partial charge < -0.3 is 11.1 Å². The molecule has 0 spiro atoms. The SMILES string of the molecule is NC1=NCC(c2ccccc2)CN1.O=S(=O)(O)O. The van der Waals surface area contributed by atoms with Crippen molar-refractivity contribution in [2.45, 2.75) is 5.92 Å². The monoisotopic (exact) mass is 273 g/mol. The number of aliphatic imine (C=N–C) groups is 1. The molecule has 1 atom stereocenters. The molecule has 0 saturated heterocycles. The second-order valence-corrected chi connectivity index (χ2v) is 4.56. The molecule has 5 N–H and O–H groups in total. The van der Waals surface area contributed by atoms with E-state index in [1.54, 1.807) is 0 Å². The van der Waals surface area contributed by atoms with Gasteiger partial charge in [0, 0.05) is 12.5 Å². The van der Waals surface area contributed by atoms with Crippen molar-refractivity contribution in [1.82, 2.24) is 5.32 Å². The molecule has 0 fully saturated rings. The van der Waals surface area contributed by atoms with Crippen LogP contribution in [0.4, 0.5) is 0 Å². The molecule has 100 valence electrons. The quantitative estimate of drug-likeness (QED) is 0.535. The Bertz CT molecular complexity index is 493. The average Bonchev–Trinajstić information content (AvgIpc) is 2.29. The molecule has 0 aromatic heterocycles. The Balaban J connectivity index is 0.000000280. The highest BCUT2D eigenvalue weighted by Crippen LogP contribution is 2.16. The molecule has 1 aliphatic heterocycles. The molecular formula is C10H15N3O4S. The molecule has 7 nitrogen and oxygen atoms in total. The van der Waals surface area contributed by atoms with E-state index in [0.717, 1.165) is 13.1 Å². The van der Waals surface area contributed by atoms with Crippen LogP contribution in [0.1, 0.15) is 11.5 Å². The third kappa shape index (κ3) is 6.18. The zero-order valence-electron chi connectivity index (χ0n) is 9.52. The van der Waals surface area contributed by atoms with Gasteiger partial charge in [-0.1, -0.05) is 30.3 Å². The topological polar surface area (TPSA) is 125 Å². The Morgan fingerprint density at radius 3 is 2.28 bits per heavy atom. The molecule has 0 bridgehead atoms. The van der Waals surface area contributed by atoms with Crippen LogP contribution in [0.25, 0.3) is 0 Å². The molecule has 0 aliphatic carbocycles. The Morgan fingerprint density at radius 2 is 1.83 bits per heavy atom. The van der Waals surface area contributed by atoms with Crippen LogP contribution >= 0.6 is 0 Å². The number of nitrogens with zero attached hydrogens (tertiary/aromatic N) is 1. The normalized spacial score (nSPS) is 19.0. The number of hydrogen-bond acceptors (Lipinski definition) is 5. The first-order valence-corrected chi connectivity index (χ1v) is 6.54. The van der Waals surface area contributed by atoms with Crippen LogP contribution in [-0.4, -0.2) is 36.6 Å². The standard InChI is InChI=1S/C10H13N3.H2O4S/c11-10-12-6-9(7-13-10)8-4-2-1-3-5-8;1-5(2,3)4/h1-5,9H,6-7H2,(H3,11,12,13);(H2,1,2,3,4). The van der Waals surface area contributed by atoms with Crippen molar-refractivity contribution < 1.29 is 17.5 Å². The lowest BCUT2D eigenvalue weighted by atomic mass is 9.98. The van der Waals surface area contributed by atoms with Crippen LogP contribution in [0.5, 0.6) is 0 Å². The third-order valence-corrected chi connectivity index (χ3v) is 2.28. The Hall–Kier alpha value is -1.64. The molecule has 18 heavy (non-hydrogen) atoms. The number of benzene rings is 1. The fraction of sp³-hybridized carbons (Fsp3) is 0.300. The van der Waals surface area contributed by atoms with E-state index in [9.17, 15) is 0 Å². The van der Waals surface area contributed by atoms with E-state index in [-0.39, 0.29) is 0 Å². The van der Waals surface area contributed by atoms with Gasteiger partial charge in [0.1, 0.15) is 0 Å². The van der Waals surface area contributed by atoms with Crippen LogP contribution in [0, 0.1) is 0 Å². The maximum Gasteiger partial charge on any atom is 0.394 e. The minimum atomic E-state index is -4.67. The Morgan fingerprint density at radius 1 is 1.28 bits per heavy atom. The van der Waals surface area contributed by atoms with E-state index < -0.39 is 10.4 Å². The lowest BCUT2D eigenvalue weighted by Gasteiger charge is -2.21. The summed E-state index contributed by atoms with van der Waals surface area (Å²) >= 11 is 0. The summed E-state index contributed by atoms with van der Waals surface area (Å²) in [4.78, 5) is 4.17. The Labute approximate surface area is 105 Å². The van der Waals surface area contributed by atoms with Crippen molar-refractivity contribution in [3.05, 3.63) is 35.9 Å². The van der Waals surface area contributed by atoms with Crippen LogP contribution in [0.15, 0.2) is 35.3 Å². The number of nitrogens with one attached hydrogen (secondary N) is 1. The fourth-order valence-corrected chi connectivity index (χ4v) is 1.51. The van der Waals surface area contributed by atoms with Gasteiger partial charge in [0.2, 0.25) is 0 Å². The van der Waals surface area contributed by atoms with E-state index in [1.165, 1.54) is 5.56 Å². The average molecular weight is 273 g/mol. The summed E-state index contributed by atoms with van der Waals surface area (Å²) in [5, 5.41) is 3.06. The van der Waals surface area contributed by atoms with E-state index in [4.69, 9.17) is 23.3 Å². The smallest absolute Gasteiger partial charge is 0.370 e. The van der Waals surface area contributed by atoms with Crippen molar-refractivity contribution in [2.75, 3.05) is 13.1 Å². The van der Waals surface area contributed by atoms with Crippen molar-refractivity contribution >= 4 is 16.4 Å². The zero-order valence-corrected chi connectivity index (χ0v) is 10.3. The van der Waals surface area contributed by atoms with Crippen molar-refractivity contribution in [3.8, 4) is 0 Å². The van der Waals surface area contributed by atoms with Gasteiger partial charge in [-0.2, -0.15) is 8.42 Å². The molecule has 0 amide bonds. The second kappa shape index (κ2) is 6.34. The first-order valence-electron chi connectivity index (χ1n) is 5.15. The summed E-state index contributed by atoms with van der Waals surface area (Å²) in [7, 11) is -4.67. The minimum absolute atomic E-state index is 0.466. The largest absolute Gasteiger partial charge is 0.394 e. The number of rotatable bonds is 1. The lowest BCUT2D eigenvalue weighted by Crippen LogP contribution is -2.39. The number of nitrogens with two attached hydrogens (primary N) is 1. The highest BCUT2D eigenvalue weighted by molar-refractivity contribution is 7.79. The van der Waals surface area contributed by atoms with Crippen LogP contribution in [0.2, 0.25) is 0 Å². The summed E-state index contributed by atoms with van der Waals surface area (Å²) in [6.45, 7) is 1.68. The molecule has 2 rings (SSSR count). The van der Waals surface area contributed by atoms with E-state index in [1.807, 2.05) is 6.07 Å². The first-order chi connectivity index (χ1) is 8.36. The van der Waals surface area contributed by atoms with Crippen LogP contribution in [-0.2, 0) is 10.4 Å². The van der Waals surface area contributed by atoms with E-state index >= 15 is 0 Å². The minimum Gasteiger partial charge on any atom is -0.370 e. The summed E-state index contributed by atoms with van der Waals surface area (Å²) in [5.74, 6) is 1.03. The van der Waals surface area contributed by atoms with Gasteiger partial charge in [-0.15, -0.1) is 0 Å².